The number of aryl methyl sites for hydroxylation is 1. The first-order chi connectivity index (χ1) is 14.1. The molecule has 0 aliphatic heterocycles. The molecule has 29 heavy (non-hydrogen) atoms. The van der Waals surface area contributed by atoms with Crippen molar-refractivity contribution in [1.82, 2.24) is 4.98 Å². The largest absolute Gasteiger partial charge is 0.452 e. The van der Waals surface area contributed by atoms with Crippen LogP contribution in [0.4, 0.5) is 16.2 Å². The van der Waals surface area contributed by atoms with Gasteiger partial charge in [-0.2, -0.15) is 0 Å². The van der Waals surface area contributed by atoms with Crippen LogP contribution in [0.5, 0.6) is 0 Å². The Balaban J connectivity index is 1.65. The smallest absolute Gasteiger partial charge is 0.413 e. The summed E-state index contributed by atoms with van der Waals surface area (Å²) in [5.41, 5.74) is 5.03. The van der Waals surface area contributed by atoms with Crippen LogP contribution in [0.25, 0.3) is 10.9 Å². The highest BCUT2D eigenvalue weighted by Gasteiger charge is 2.22. The summed E-state index contributed by atoms with van der Waals surface area (Å²) >= 11 is 0. The lowest BCUT2D eigenvalue weighted by atomic mass is 9.89. The Morgan fingerprint density at radius 2 is 1.76 bits per heavy atom. The summed E-state index contributed by atoms with van der Waals surface area (Å²) in [7, 11) is 2.97. The molecule has 0 atom stereocenters. The van der Waals surface area contributed by atoms with E-state index in [1.54, 1.807) is 31.3 Å². The zero-order chi connectivity index (χ0) is 20.4. The molecule has 1 heterocycles. The second-order valence-electron chi connectivity index (χ2n) is 7.17. The van der Waals surface area contributed by atoms with Gasteiger partial charge in [-0.15, -0.1) is 0 Å². The number of amides is 2. The average molecular weight is 389 g/mol. The maximum absolute atomic E-state index is 13.2. The first-order valence-electron chi connectivity index (χ1n) is 9.72. The van der Waals surface area contributed by atoms with Crippen molar-refractivity contribution in [2.75, 3.05) is 24.4 Å². The van der Waals surface area contributed by atoms with E-state index < -0.39 is 6.09 Å². The number of para-hydroxylation sites is 1. The molecule has 0 bridgehead atoms. The zero-order valence-electron chi connectivity index (χ0n) is 16.6. The molecular formula is C23H23N3O3. The number of rotatable bonds is 3. The number of nitrogens with one attached hydrogen (secondary N) is 1. The highest BCUT2D eigenvalue weighted by molar-refractivity contribution is 6.13. The van der Waals surface area contributed by atoms with E-state index in [-0.39, 0.29) is 5.91 Å². The van der Waals surface area contributed by atoms with Gasteiger partial charge < -0.3 is 10.1 Å². The molecule has 148 valence electrons. The van der Waals surface area contributed by atoms with Gasteiger partial charge in [-0.1, -0.05) is 18.2 Å². The van der Waals surface area contributed by atoms with Crippen LogP contribution < -0.4 is 10.2 Å². The molecule has 0 saturated carbocycles. The van der Waals surface area contributed by atoms with E-state index in [1.165, 1.54) is 12.0 Å². The predicted molar refractivity (Wildman–Crippen MR) is 114 cm³/mol. The lowest BCUT2D eigenvalue weighted by molar-refractivity contribution is 0.102. The summed E-state index contributed by atoms with van der Waals surface area (Å²) < 4.78 is 4.72. The standard InChI is InChI=1S/C23H23N3O3/c1-26(23(28)29-2)16-13-11-15(12-14-16)24-22(27)21-17-7-3-5-9-19(17)25-20-10-6-4-8-18(20)21/h3,5,7,9,11-14H,4,6,8,10H2,1-2H3,(H,24,27). The molecule has 2 amide bonds. The van der Waals surface area contributed by atoms with E-state index in [9.17, 15) is 9.59 Å². The molecule has 0 fully saturated rings. The SMILES string of the molecule is COC(=O)N(C)c1ccc(NC(=O)c2c3c(nc4ccccc24)CCCC3)cc1. The van der Waals surface area contributed by atoms with Crippen molar-refractivity contribution in [2.24, 2.45) is 0 Å². The number of nitrogens with zero attached hydrogens (tertiary/aromatic N) is 2. The third-order valence-electron chi connectivity index (χ3n) is 5.36. The second-order valence-corrected chi connectivity index (χ2v) is 7.17. The zero-order valence-corrected chi connectivity index (χ0v) is 16.6. The van der Waals surface area contributed by atoms with Gasteiger partial charge in [0.05, 0.1) is 18.2 Å². The number of ether oxygens (including phenoxy) is 1. The highest BCUT2D eigenvalue weighted by atomic mass is 16.5. The van der Waals surface area contributed by atoms with Gasteiger partial charge in [-0.25, -0.2) is 4.79 Å². The number of fused-ring (bicyclic) bond motifs is 2. The van der Waals surface area contributed by atoms with Gasteiger partial charge in [-0.05, 0) is 61.6 Å². The second kappa shape index (κ2) is 7.91. The van der Waals surface area contributed by atoms with Crippen molar-refractivity contribution in [3.8, 4) is 0 Å². The molecule has 0 unspecified atom stereocenters. The Hall–Kier alpha value is -3.41. The van der Waals surface area contributed by atoms with Crippen LogP contribution in [0.3, 0.4) is 0 Å². The molecule has 0 radical (unpaired) electrons. The highest BCUT2D eigenvalue weighted by Crippen LogP contribution is 2.30. The number of pyridine rings is 1. The number of carbonyl (C=O) groups is 2. The monoisotopic (exact) mass is 389 g/mol. The molecule has 6 heteroatoms. The van der Waals surface area contributed by atoms with Gasteiger partial charge in [0, 0.05) is 29.5 Å². The molecule has 2 aromatic carbocycles. The maximum atomic E-state index is 13.2. The molecule has 0 saturated heterocycles. The fraction of sp³-hybridized carbons (Fsp3) is 0.261. The summed E-state index contributed by atoms with van der Waals surface area (Å²) in [5, 5.41) is 3.89. The lowest BCUT2D eigenvalue weighted by Gasteiger charge is -2.20. The van der Waals surface area contributed by atoms with E-state index in [0.717, 1.165) is 53.4 Å². The Kier molecular flexibility index (Phi) is 5.16. The van der Waals surface area contributed by atoms with E-state index in [1.807, 2.05) is 24.3 Å². The third-order valence-corrected chi connectivity index (χ3v) is 5.36. The van der Waals surface area contributed by atoms with E-state index in [2.05, 4.69) is 5.32 Å². The van der Waals surface area contributed by atoms with Crippen LogP contribution in [-0.2, 0) is 17.6 Å². The van der Waals surface area contributed by atoms with Crippen LogP contribution >= 0.6 is 0 Å². The molecule has 1 aliphatic carbocycles. The van der Waals surface area contributed by atoms with Gasteiger partial charge in [0.15, 0.2) is 0 Å². The minimum atomic E-state index is -0.448. The van der Waals surface area contributed by atoms with Crippen LogP contribution in [0.15, 0.2) is 48.5 Å². The van der Waals surface area contributed by atoms with Crippen LogP contribution in [-0.4, -0.2) is 31.1 Å². The lowest BCUT2D eigenvalue weighted by Crippen LogP contribution is -2.25. The van der Waals surface area contributed by atoms with Gasteiger partial charge >= 0.3 is 6.09 Å². The van der Waals surface area contributed by atoms with Crippen LogP contribution in [0.1, 0.15) is 34.5 Å². The van der Waals surface area contributed by atoms with Crippen molar-refractivity contribution in [1.29, 1.82) is 0 Å². The van der Waals surface area contributed by atoms with Crippen molar-refractivity contribution in [3.63, 3.8) is 0 Å². The summed E-state index contributed by atoms with van der Waals surface area (Å²) in [6.07, 6.45) is 3.51. The molecule has 1 aliphatic rings. The average Bonchev–Trinajstić information content (AvgIpc) is 2.76. The quantitative estimate of drug-likeness (QED) is 0.712. The Morgan fingerprint density at radius 1 is 1.03 bits per heavy atom. The van der Waals surface area contributed by atoms with Gasteiger partial charge in [0.1, 0.15) is 0 Å². The topological polar surface area (TPSA) is 71.5 Å². The molecule has 0 spiro atoms. The van der Waals surface area contributed by atoms with Gasteiger partial charge in [-0.3, -0.25) is 14.7 Å². The number of carbonyl (C=O) groups excluding carboxylic acids is 2. The van der Waals surface area contributed by atoms with Gasteiger partial charge in [0.2, 0.25) is 0 Å². The minimum absolute atomic E-state index is 0.129. The van der Waals surface area contributed by atoms with Crippen LogP contribution in [0.2, 0.25) is 0 Å². The van der Waals surface area contributed by atoms with Gasteiger partial charge in [0.25, 0.3) is 5.91 Å². The van der Waals surface area contributed by atoms with E-state index in [0.29, 0.717) is 11.4 Å². The Labute approximate surface area is 169 Å². The fourth-order valence-electron chi connectivity index (χ4n) is 3.84. The number of anilines is 2. The molecule has 3 aromatic rings. The minimum Gasteiger partial charge on any atom is -0.452 e. The first kappa shape index (κ1) is 18.9. The maximum Gasteiger partial charge on any atom is 0.413 e. The molecular weight excluding hydrogens is 366 g/mol. The molecule has 1 N–H and O–H groups in total. The normalized spacial score (nSPS) is 12.9. The van der Waals surface area contributed by atoms with Crippen molar-refractivity contribution < 1.29 is 14.3 Å². The predicted octanol–water partition coefficient (Wildman–Crippen LogP) is 4.57. The van der Waals surface area contributed by atoms with Crippen molar-refractivity contribution in [3.05, 3.63) is 65.4 Å². The van der Waals surface area contributed by atoms with Crippen molar-refractivity contribution >= 4 is 34.3 Å². The number of aromatic nitrogens is 1. The summed E-state index contributed by atoms with van der Waals surface area (Å²) in [6, 6.07) is 14.9. The third kappa shape index (κ3) is 3.66. The number of methoxy groups -OCH3 is 1. The number of hydrogen-bond acceptors (Lipinski definition) is 4. The Morgan fingerprint density at radius 3 is 2.52 bits per heavy atom. The van der Waals surface area contributed by atoms with E-state index >= 15 is 0 Å². The number of benzene rings is 2. The fourth-order valence-corrected chi connectivity index (χ4v) is 3.84. The van der Waals surface area contributed by atoms with Crippen molar-refractivity contribution in [2.45, 2.75) is 25.7 Å². The summed E-state index contributed by atoms with van der Waals surface area (Å²) in [4.78, 5) is 31.1. The first-order valence-corrected chi connectivity index (χ1v) is 9.72. The summed E-state index contributed by atoms with van der Waals surface area (Å²) in [5.74, 6) is -0.129. The number of hydrogen-bond donors (Lipinski definition) is 1. The summed E-state index contributed by atoms with van der Waals surface area (Å²) in [6.45, 7) is 0. The van der Waals surface area contributed by atoms with E-state index in [4.69, 9.17) is 9.72 Å². The Bertz CT molecular complexity index is 1080. The molecule has 4 rings (SSSR count). The molecule has 1 aromatic heterocycles. The molecule has 6 nitrogen and oxygen atoms in total. The van der Waals surface area contributed by atoms with Crippen LogP contribution in [0, 0.1) is 0 Å².